The van der Waals surface area contributed by atoms with Gasteiger partial charge in [-0.15, -0.1) is 0 Å². The molecule has 0 aliphatic carbocycles. The normalized spacial score (nSPS) is 20.3. The zero-order valence-corrected chi connectivity index (χ0v) is 11.5. The van der Waals surface area contributed by atoms with Gasteiger partial charge in [0.05, 0.1) is 12.7 Å². The fraction of sp³-hybridized carbons (Fsp3) is 0.667. The molecule has 7 nitrogen and oxygen atoms in total. The summed E-state index contributed by atoms with van der Waals surface area (Å²) in [5.41, 5.74) is 3.47. The number of hydrazine groups is 1. The summed E-state index contributed by atoms with van der Waals surface area (Å²) >= 11 is 0. The fourth-order valence-corrected chi connectivity index (χ4v) is 2.18. The third kappa shape index (κ3) is 3.52. The summed E-state index contributed by atoms with van der Waals surface area (Å²) in [4.78, 5) is 10.7. The molecule has 4 N–H and O–H groups in total. The molecule has 1 aromatic rings. The van der Waals surface area contributed by atoms with Crippen molar-refractivity contribution in [1.29, 1.82) is 0 Å². The summed E-state index contributed by atoms with van der Waals surface area (Å²) in [6.45, 7) is 8.65. The number of hydrogen-bond donors (Lipinski definition) is 3. The molecule has 2 rings (SSSR count). The first-order chi connectivity index (χ1) is 9.24. The van der Waals surface area contributed by atoms with Gasteiger partial charge in [-0.05, 0) is 13.5 Å². The number of ether oxygens (including phenoxy) is 1. The van der Waals surface area contributed by atoms with Gasteiger partial charge in [-0.3, -0.25) is 4.90 Å². The van der Waals surface area contributed by atoms with E-state index in [1.165, 1.54) is 6.33 Å². The highest BCUT2D eigenvalue weighted by Gasteiger charge is 2.19. The maximum atomic E-state index is 5.74. The number of morpholine rings is 1. The highest BCUT2D eigenvalue weighted by atomic mass is 16.5. The molecule has 1 fully saturated rings. The highest BCUT2D eigenvalue weighted by Crippen LogP contribution is 2.17. The molecule has 2 heterocycles. The molecule has 19 heavy (non-hydrogen) atoms. The predicted octanol–water partition coefficient (Wildman–Crippen LogP) is 0.203. The van der Waals surface area contributed by atoms with Gasteiger partial charge in [0.25, 0.3) is 0 Å². The number of rotatable bonds is 5. The smallest absolute Gasteiger partial charge is 0.148 e. The lowest BCUT2D eigenvalue weighted by Crippen LogP contribution is -2.45. The number of aromatic nitrogens is 2. The Labute approximate surface area is 113 Å². The average molecular weight is 266 g/mol. The van der Waals surface area contributed by atoms with Crippen molar-refractivity contribution in [3.63, 3.8) is 0 Å². The minimum atomic E-state index is 0.192. The summed E-state index contributed by atoms with van der Waals surface area (Å²) < 4.78 is 5.74. The van der Waals surface area contributed by atoms with Gasteiger partial charge in [0, 0.05) is 25.2 Å². The first kappa shape index (κ1) is 14.0. The van der Waals surface area contributed by atoms with Crippen LogP contribution in [0.1, 0.15) is 12.5 Å². The first-order valence-corrected chi connectivity index (χ1v) is 6.60. The van der Waals surface area contributed by atoms with E-state index < -0.39 is 0 Å². The third-order valence-corrected chi connectivity index (χ3v) is 3.39. The molecule has 0 amide bonds. The molecule has 1 aromatic heterocycles. The summed E-state index contributed by atoms with van der Waals surface area (Å²) in [7, 11) is 0. The van der Waals surface area contributed by atoms with E-state index in [0.717, 1.165) is 44.2 Å². The Bertz CT molecular complexity index is 413. The maximum Gasteiger partial charge on any atom is 0.148 e. The molecule has 1 saturated heterocycles. The molecule has 0 radical (unpaired) electrons. The number of nitrogen functional groups attached to an aromatic ring is 1. The second kappa shape index (κ2) is 6.65. The van der Waals surface area contributed by atoms with Crippen LogP contribution < -0.4 is 16.6 Å². The number of nitrogens with zero attached hydrogens (tertiary/aromatic N) is 3. The Morgan fingerprint density at radius 1 is 1.47 bits per heavy atom. The van der Waals surface area contributed by atoms with Crippen LogP contribution in [-0.2, 0) is 4.74 Å². The summed E-state index contributed by atoms with van der Waals surface area (Å²) in [6.07, 6.45) is 1.68. The van der Waals surface area contributed by atoms with Crippen molar-refractivity contribution >= 4 is 11.6 Å². The van der Waals surface area contributed by atoms with Gasteiger partial charge in [0.15, 0.2) is 0 Å². The standard InChI is InChI=1S/C12H22N6O/c1-3-18-4-5-19-10(7-18)6-14-11-9(2)12(17-13)16-8-15-11/h8,10H,3-7,13H2,1-2H3,(H2,14,15,16,17). The molecular formula is C12H22N6O. The molecule has 0 bridgehead atoms. The van der Waals surface area contributed by atoms with Gasteiger partial charge in [-0.1, -0.05) is 6.92 Å². The first-order valence-electron chi connectivity index (χ1n) is 6.60. The van der Waals surface area contributed by atoms with E-state index in [0.29, 0.717) is 5.82 Å². The zero-order valence-electron chi connectivity index (χ0n) is 11.5. The minimum absolute atomic E-state index is 0.192. The molecule has 0 saturated carbocycles. The number of hydrogen-bond acceptors (Lipinski definition) is 7. The topological polar surface area (TPSA) is 88.3 Å². The Morgan fingerprint density at radius 3 is 3.00 bits per heavy atom. The highest BCUT2D eigenvalue weighted by molar-refractivity contribution is 5.55. The summed E-state index contributed by atoms with van der Waals surface area (Å²) in [6, 6.07) is 0. The van der Waals surface area contributed by atoms with Crippen LogP contribution in [0.15, 0.2) is 6.33 Å². The average Bonchev–Trinajstić information content (AvgIpc) is 2.46. The molecule has 7 heteroatoms. The minimum Gasteiger partial charge on any atom is -0.374 e. The molecule has 1 atom stereocenters. The van der Waals surface area contributed by atoms with Crippen molar-refractivity contribution in [3.8, 4) is 0 Å². The van der Waals surface area contributed by atoms with Crippen molar-refractivity contribution in [2.24, 2.45) is 5.84 Å². The van der Waals surface area contributed by atoms with E-state index in [-0.39, 0.29) is 6.10 Å². The number of anilines is 2. The lowest BCUT2D eigenvalue weighted by Gasteiger charge is -2.32. The van der Waals surface area contributed by atoms with Crippen LogP contribution in [-0.4, -0.2) is 53.8 Å². The van der Waals surface area contributed by atoms with Crippen LogP contribution in [0.2, 0.25) is 0 Å². The fourth-order valence-electron chi connectivity index (χ4n) is 2.18. The lowest BCUT2D eigenvalue weighted by molar-refractivity contribution is -0.0192. The van der Waals surface area contributed by atoms with Gasteiger partial charge < -0.3 is 15.5 Å². The van der Waals surface area contributed by atoms with Gasteiger partial charge >= 0.3 is 0 Å². The molecule has 0 aromatic carbocycles. The SMILES string of the molecule is CCN1CCOC(CNc2ncnc(NN)c2C)C1. The Hall–Kier alpha value is -1.44. The number of likely N-dealkylation sites (N-methyl/N-ethyl adjacent to an activating group) is 1. The van der Waals surface area contributed by atoms with Gasteiger partial charge in [0.1, 0.15) is 18.0 Å². The zero-order chi connectivity index (χ0) is 13.7. The van der Waals surface area contributed by atoms with Crippen LogP contribution >= 0.6 is 0 Å². The van der Waals surface area contributed by atoms with E-state index in [1.54, 1.807) is 0 Å². The second-order valence-electron chi connectivity index (χ2n) is 4.61. The van der Waals surface area contributed by atoms with Crippen molar-refractivity contribution < 1.29 is 4.74 Å². The van der Waals surface area contributed by atoms with Gasteiger partial charge in [-0.2, -0.15) is 0 Å². The van der Waals surface area contributed by atoms with Gasteiger partial charge in [-0.25, -0.2) is 15.8 Å². The molecule has 1 aliphatic rings. The maximum absolute atomic E-state index is 5.74. The van der Waals surface area contributed by atoms with E-state index in [9.17, 15) is 0 Å². The Kier molecular flexibility index (Phi) is 4.89. The third-order valence-electron chi connectivity index (χ3n) is 3.39. The predicted molar refractivity (Wildman–Crippen MR) is 74.9 cm³/mol. The van der Waals surface area contributed by atoms with Crippen molar-refractivity contribution in [3.05, 3.63) is 11.9 Å². The molecule has 1 aliphatic heterocycles. The Morgan fingerprint density at radius 2 is 2.26 bits per heavy atom. The number of nitrogens with one attached hydrogen (secondary N) is 2. The van der Waals surface area contributed by atoms with E-state index >= 15 is 0 Å². The molecule has 106 valence electrons. The second-order valence-corrected chi connectivity index (χ2v) is 4.61. The molecular weight excluding hydrogens is 244 g/mol. The molecule has 1 unspecified atom stereocenters. The quantitative estimate of drug-likeness (QED) is 0.518. The van der Waals surface area contributed by atoms with Gasteiger partial charge in [0.2, 0.25) is 0 Å². The van der Waals surface area contributed by atoms with Crippen molar-refractivity contribution in [2.75, 3.05) is 43.5 Å². The Balaban J connectivity index is 1.91. The summed E-state index contributed by atoms with van der Waals surface area (Å²) in [5, 5.41) is 3.30. The molecule has 0 spiro atoms. The van der Waals surface area contributed by atoms with E-state index in [4.69, 9.17) is 10.6 Å². The van der Waals surface area contributed by atoms with E-state index in [1.807, 2.05) is 6.92 Å². The van der Waals surface area contributed by atoms with Crippen LogP contribution in [0.5, 0.6) is 0 Å². The monoisotopic (exact) mass is 266 g/mol. The van der Waals surface area contributed by atoms with Crippen LogP contribution in [0.3, 0.4) is 0 Å². The van der Waals surface area contributed by atoms with E-state index in [2.05, 4.69) is 32.5 Å². The summed E-state index contributed by atoms with van der Waals surface area (Å²) in [5.74, 6) is 6.82. The van der Waals surface area contributed by atoms with Crippen molar-refractivity contribution in [1.82, 2.24) is 14.9 Å². The lowest BCUT2D eigenvalue weighted by atomic mass is 10.2. The largest absolute Gasteiger partial charge is 0.374 e. The van der Waals surface area contributed by atoms with Crippen molar-refractivity contribution in [2.45, 2.75) is 20.0 Å². The van der Waals surface area contributed by atoms with Crippen LogP contribution in [0, 0.1) is 6.92 Å². The van der Waals surface area contributed by atoms with Crippen LogP contribution in [0.25, 0.3) is 0 Å². The number of nitrogens with two attached hydrogens (primary N) is 1. The van der Waals surface area contributed by atoms with Crippen LogP contribution in [0.4, 0.5) is 11.6 Å².